The molecule has 3 heteroatoms. The van der Waals surface area contributed by atoms with Crippen LogP contribution in [0.4, 0.5) is 5.69 Å². The Kier molecular flexibility index (Phi) is 1.94. The van der Waals surface area contributed by atoms with Gasteiger partial charge in [-0.25, -0.2) is 0 Å². The number of para-hydroxylation sites is 1. The summed E-state index contributed by atoms with van der Waals surface area (Å²) < 4.78 is 0. The minimum absolute atomic E-state index is 0.0367. The summed E-state index contributed by atoms with van der Waals surface area (Å²) in [4.78, 5) is 15.6. The predicted molar refractivity (Wildman–Crippen MR) is 49.6 cm³/mol. The van der Waals surface area contributed by atoms with E-state index in [9.17, 15) is 4.79 Å². The van der Waals surface area contributed by atoms with E-state index in [2.05, 4.69) is 4.99 Å². The van der Waals surface area contributed by atoms with Crippen LogP contribution in [0, 0.1) is 0 Å². The van der Waals surface area contributed by atoms with Crippen LogP contribution in [0.5, 0.6) is 0 Å². The van der Waals surface area contributed by atoms with Crippen LogP contribution < -0.4 is 0 Å². The third-order valence-electron chi connectivity index (χ3n) is 2.03. The van der Waals surface area contributed by atoms with Gasteiger partial charge in [0.2, 0.25) is 0 Å². The number of carbonyl (C=O) groups is 1. The Bertz CT molecular complexity index is 382. The zero-order chi connectivity index (χ0) is 9.26. The molecule has 0 amide bonds. The van der Waals surface area contributed by atoms with Gasteiger partial charge in [0.15, 0.2) is 5.78 Å². The second-order valence-corrected chi connectivity index (χ2v) is 2.95. The molecule has 0 bridgehead atoms. The lowest BCUT2D eigenvalue weighted by Crippen LogP contribution is -2.15. The fourth-order valence-corrected chi connectivity index (χ4v) is 1.39. The van der Waals surface area contributed by atoms with Crippen LogP contribution in [0.3, 0.4) is 0 Å². The van der Waals surface area contributed by atoms with Gasteiger partial charge < -0.3 is 5.11 Å². The molecule has 13 heavy (non-hydrogen) atoms. The summed E-state index contributed by atoms with van der Waals surface area (Å²) in [5.41, 5.74) is 1.87. The number of fused-ring (bicyclic) bond motifs is 1. The monoisotopic (exact) mass is 175 g/mol. The third-order valence-corrected chi connectivity index (χ3v) is 2.03. The van der Waals surface area contributed by atoms with E-state index < -0.39 is 0 Å². The fraction of sp³-hybridized carbons (Fsp3) is 0.200. The van der Waals surface area contributed by atoms with Gasteiger partial charge in [0.1, 0.15) is 0 Å². The molecule has 0 unspecified atom stereocenters. The number of ketones is 1. The quantitative estimate of drug-likeness (QED) is 0.700. The molecule has 0 atom stereocenters. The van der Waals surface area contributed by atoms with E-state index in [-0.39, 0.29) is 18.8 Å². The normalized spacial score (nSPS) is 15.2. The van der Waals surface area contributed by atoms with Gasteiger partial charge in [-0.1, -0.05) is 12.1 Å². The lowest BCUT2D eigenvalue weighted by molar-refractivity contribution is 0.0998. The molecular weight excluding hydrogens is 166 g/mol. The van der Waals surface area contributed by atoms with Crippen molar-refractivity contribution in [2.24, 2.45) is 4.99 Å². The Labute approximate surface area is 75.7 Å². The highest BCUT2D eigenvalue weighted by Gasteiger charge is 2.18. The third kappa shape index (κ3) is 1.38. The zero-order valence-electron chi connectivity index (χ0n) is 7.03. The van der Waals surface area contributed by atoms with Crippen molar-refractivity contribution in [2.75, 3.05) is 6.61 Å². The Morgan fingerprint density at radius 2 is 2.15 bits per heavy atom. The molecule has 0 fully saturated rings. The highest BCUT2D eigenvalue weighted by Crippen LogP contribution is 2.24. The summed E-state index contributed by atoms with van der Waals surface area (Å²) in [5, 5.41) is 8.85. The smallest absolute Gasteiger partial charge is 0.170 e. The van der Waals surface area contributed by atoms with Gasteiger partial charge in [0.05, 0.1) is 24.4 Å². The van der Waals surface area contributed by atoms with Crippen molar-refractivity contribution in [1.29, 1.82) is 0 Å². The molecule has 0 spiro atoms. The maximum Gasteiger partial charge on any atom is 0.170 e. The molecule has 0 saturated carbocycles. The van der Waals surface area contributed by atoms with Crippen LogP contribution in [0.1, 0.15) is 16.8 Å². The topological polar surface area (TPSA) is 49.7 Å². The molecule has 1 aliphatic heterocycles. The number of Topliss-reactive ketones (excluding diaryl/α,β-unsaturated/α-hetero) is 1. The summed E-state index contributed by atoms with van der Waals surface area (Å²) in [6.45, 7) is -0.139. The standard InChI is InChI=1S/C10H9NO2/c12-6-7-5-10(13)8-3-1-2-4-9(8)11-7/h1-4,12H,5-6H2. The van der Waals surface area contributed by atoms with Crippen molar-refractivity contribution in [3.63, 3.8) is 0 Å². The highest BCUT2D eigenvalue weighted by molar-refractivity contribution is 6.15. The van der Waals surface area contributed by atoms with Gasteiger partial charge >= 0.3 is 0 Å². The molecule has 66 valence electrons. The predicted octanol–water partition coefficient (Wildman–Crippen LogP) is 1.34. The van der Waals surface area contributed by atoms with Crippen molar-refractivity contribution in [1.82, 2.24) is 0 Å². The zero-order valence-corrected chi connectivity index (χ0v) is 7.03. The summed E-state index contributed by atoms with van der Waals surface area (Å²) >= 11 is 0. The van der Waals surface area contributed by atoms with Crippen LogP contribution in [-0.4, -0.2) is 23.2 Å². The lowest BCUT2D eigenvalue weighted by atomic mass is 10.0. The number of hydrogen-bond acceptors (Lipinski definition) is 3. The maximum atomic E-state index is 11.5. The highest BCUT2D eigenvalue weighted by atomic mass is 16.3. The van der Waals surface area contributed by atoms with Gasteiger partial charge in [-0.15, -0.1) is 0 Å². The number of nitrogens with zero attached hydrogens (tertiary/aromatic N) is 1. The Hall–Kier alpha value is -1.48. The molecule has 1 aromatic carbocycles. The van der Waals surface area contributed by atoms with Gasteiger partial charge in [-0.05, 0) is 12.1 Å². The van der Waals surface area contributed by atoms with Crippen molar-refractivity contribution in [3.05, 3.63) is 29.8 Å². The number of aliphatic imine (C=N–C) groups is 1. The molecule has 1 N–H and O–H groups in total. The minimum atomic E-state index is -0.139. The van der Waals surface area contributed by atoms with Crippen LogP contribution in [0.15, 0.2) is 29.3 Å². The van der Waals surface area contributed by atoms with E-state index in [0.29, 0.717) is 17.0 Å². The van der Waals surface area contributed by atoms with Gasteiger partial charge in [0.25, 0.3) is 0 Å². The number of aliphatic hydroxyl groups excluding tert-OH is 1. The first kappa shape index (κ1) is 8.13. The summed E-state index contributed by atoms with van der Waals surface area (Å²) in [7, 11) is 0. The van der Waals surface area contributed by atoms with Crippen LogP contribution in [0.2, 0.25) is 0 Å². The summed E-state index contributed by atoms with van der Waals surface area (Å²) in [6.07, 6.45) is 0.244. The number of carbonyl (C=O) groups excluding carboxylic acids is 1. The van der Waals surface area contributed by atoms with E-state index in [4.69, 9.17) is 5.11 Å². The number of rotatable bonds is 1. The van der Waals surface area contributed by atoms with Gasteiger partial charge in [-0.3, -0.25) is 9.79 Å². The second-order valence-electron chi connectivity index (χ2n) is 2.95. The number of benzene rings is 1. The molecule has 1 aromatic rings. The molecule has 3 nitrogen and oxygen atoms in total. The van der Waals surface area contributed by atoms with E-state index >= 15 is 0 Å². The average molecular weight is 175 g/mol. The lowest BCUT2D eigenvalue weighted by Gasteiger charge is -2.12. The van der Waals surface area contributed by atoms with Gasteiger partial charge in [0, 0.05) is 5.56 Å². The van der Waals surface area contributed by atoms with E-state index in [0.717, 1.165) is 0 Å². The largest absolute Gasteiger partial charge is 0.390 e. The number of hydrogen-bond donors (Lipinski definition) is 1. The summed E-state index contributed by atoms with van der Waals surface area (Å²) in [5.74, 6) is 0.0367. The van der Waals surface area contributed by atoms with Crippen molar-refractivity contribution < 1.29 is 9.90 Å². The molecule has 0 aromatic heterocycles. The molecule has 0 saturated heterocycles. The van der Waals surface area contributed by atoms with E-state index in [1.54, 1.807) is 12.1 Å². The van der Waals surface area contributed by atoms with Crippen LogP contribution >= 0.6 is 0 Å². The van der Waals surface area contributed by atoms with Crippen molar-refractivity contribution >= 4 is 17.2 Å². The second kappa shape index (κ2) is 3.11. The van der Waals surface area contributed by atoms with E-state index in [1.807, 2.05) is 12.1 Å². The molecule has 2 rings (SSSR count). The Morgan fingerprint density at radius 1 is 1.38 bits per heavy atom. The molecular formula is C10H9NO2. The number of aliphatic hydroxyl groups is 1. The fourth-order valence-electron chi connectivity index (χ4n) is 1.39. The first-order valence-electron chi connectivity index (χ1n) is 4.11. The Balaban J connectivity index is 2.53. The minimum Gasteiger partial charge on any atom is -0.390 e. The Morgan fingerprint density at radius 3 is 2.92 bits per heavy atom. The first-order chi connectivity index (χ1) is 6.31. The van der Waals surface area contributed by atoms with Crippen LogP contribution in [-0.2, 0) is 0 Å². The first-order valence-corrected chi connectivity index (χ1v) is 4.11. The van der Waals surface area contributed by atoms with Crippen LogP contribution in [0.25, 0.3) is 0 Å². The van der Waals surface area contributed by atoms with Gasteiger partial charge in [-0.2, -0.15) is 0 Å². The SMILES string of the molecule is O=C1CC(CO)=Nc2ccccc21. The van der Waals surface area contributed by atoms with Crippen molar-refractivity contribution in [3.8, 4) is 0 Å². The molecule has 1 heterocycles. The molecule has 0 aliphatic carbocycles. The van der Waals surface area contributed by atoms with E-state index in [1.165, 1.54) is 0 Å². The average Bonchev–Trinajstić information content (AvgIpc) is 2.18. The summed E-state index contributed by atoms with van der Waals surface area (Å²) in [6, 6.07) is 7.18. The molecule has 0 radical (unpaired) electrons. The maximum absolute atomic E-state index is 11.5. The molecule has 1 aliphatic rings. The van der Waals surface area contributed by atoms with Crippen molar-refractivity contribution in [2.45, 2.75) is 6.42 Å².